The van der Waals surface area contributed by atoms with Crippen molar-refractivity contribution in [1.29, 1.82) is 0 Å². The van der Waals surface area contributed by atoms with Gasteiger partial charge in [0.05, 0.1) is 19.9 Å². The number of rotatable bonds is 8. The lowest BCUT2D eigenvalue weighted by Gasteiger charge is -2.11. The zero-order valence-electron chi connectivity index (χ0n) is 11.9. The van der Waals surface area contributed by atoms with E-state index in [2.05, 4.69) is 29.7 Å². The SMILES string of the molecule is CCCCCOc1ccc(/C=N\NC(N)=S)cc1OC. The second kappa shape index (κ2) is 9.14. The number of nitrogens with two attached hydrogens (primary N) is 1. The summed E-state index contributed by atoms with van der Waals surface area (Å²) < 4.78 is 11.0. The Morgan fingerprint density at radius 1 is 1.40 bits per heavy atom. The minimum absolute atomic E-state index is 0.129. The van der Waals surface area contributed by atoms with Crippen molar-refractivity contribution in [3.63, 3.8) is 0 Å². The van der Waals surface area contributed by atoms with Crippen molar-refractivity contribution in [2.75, 3.05) is 13.7 Å². The molecule has 0 aliphatic carbocycles. The van der Waals surface area contributed by atoms with Crippen molar-refractivity contribution in [3.05, 3.63) is 23.8 Å². The predicted octanol–water partition coefficient (Wildman–Crippen LogP) is 2.43. The standard InChI is InChI=1S/C14H21N3O2S/c1-3-4-5-8-19-12-7-6-11(9-13(12)18-2)10-16-17-14(15)20/h6-7,9-10H,3-5,8H2,1-2H3,(H3,15,17,20)/b16-10-. The lowest BCUT2D eigenvalue weighted by molar-refractivity contribution is 0.286. The Balaban J connectivity index is 2.64. The van der Waals surface area contributed by atoms with E-state index in [1.54, 1.807) is 13.3 Å². The van der Waals surface area contributed by atoms with Gasteiger partial charge in [-0.05, 0) is 42.4 Å². The summed E-state index contributed by atoms with van der Waals surface area (Å²) in [5.74, 6) is 1.42. The molecule has 0 unspecified atom stereocenters. The summed E-state index contributed by atoms with van der Waals surface area (Å²) in [5.41, 5.74) is 8.65. The number of methoxy groups -OCH3 is 1. The van der Waals surface area contributed by atoms with Crippen LogP contribution in [0.15, 0.2) is 23.3 Å². The molecule has 1 rings (SSSR count). The number of benzene rings is 1. The van der Waals surface area contributed by atoms with E-state index < -0.39 is 0 Å². The average Bonchev–Trinajstić information content (AvgIpc) is 2.44. The van der Waals surface area contributed by atoms with Crippen molar-refractivity contribution < 1.29 is 9.47 Å². The third-order valence-electron chi connectivity index (χ3n) is 2.58. The van der Waals surface area contributed by atoms with Crippen molar-refractivity contribution >= 4 is 23.5 Å². The molecule has 0 aliphatic rings. The number of ether oxygens (including phenoxy) is 2. The predicted molar refractivity (Wildman–Crippen MR) is 85.5 cm³/mol. The fraction of sp³-hybridized carbons (Fsp3) is 0.429. The monoisotopic (exact) mass is 295 g/mol. The van der Waals surface area contributed by atoms with Gasteiger partial charge < -0.3 is 15.2 Å². The largest absolute Gasteiger partial charge is 0.493 e. The number of thiocarbonyl (C=S) groups is 1. The van der Waals surface area contributed by atoms with Gasteiger partial charge in [0.25, 0.3) is 0 Å². The summed E-state index contributed by atoms with van der Waals surface area (Å²) in [5, 5.41) is 4.02. The molecule has 0 radical (unpaired) electrons. The second-order valence-electron chi connectivity index (χ2n) is 4.20. The maximum Gasteiger partial charge on any atom is 0.184 e. The molecule has 20 heavy (non-hydrogen) atoms. The first-order chi connectivity index (χ1) is 9.67. The van der Waals surface area contributed by atoms with E-state index in [1.807, 2.05) is 18.2 Å². The summed E-state index contributed by atoms with van der Waals surface area (Å²) in [7, 11) is 1.61. The van der Waals surface area contributed by atoms with Crippen molar-refractivity contribution in [1.82, 2.24) is 5.43 Å². The average molecular weight is 295 g/mol. The molecule has 0 saturated heterocycles. The van der Waals surface area contributed by atoms with Crippen LogP contribution in [0.2, 0.25) is 0 Å². The van der Waals surface area contributed by atoms with Gasteiger partial charge in [-0.1, -0.05) is 19.8 Å². The molecule has 0 fully saturated rings. The lowest BCUT2D eigenvalue weighted by Crippen LogP contribution is -2.23. The van der Waals surface area contributed by atoms with Gasteiger partial charge in [-0.15, -0.1) is 0 Å². The number of nitrogens with zero attached hydrogens (tertiary/aromatic N) is 1. The van der Waals surface area contributed by atoms with Gasteiger partial charge >= 0.3 is 0 Å². The Bertz CT molecular complexity index is 464. The van der Waals surface area contributed by atoms with Crippen LogP contribution in [0.25, 0.3) is 0 Å². The minimum atomic E-state index is 0.129. The van der Waals surface area contributed by atoms with Crippen LogP contribution >= 0.6 is 12.2 Å². The number of unbranched alkanes of at least 4 members (excludes halogenated alkanes) is 2. The molecule has 6 heteroatoms. The number of hydrogen-bond acceptors (Lipinski definition) is 4. The van der Waals surface area contributed by atoms with Crippen LogP contribution < -0.4 is 20.6 Å². The Morgan fingerprint density at radius 2 is 2.20 bits per heavy atom. The first-order valence-electron chi connectivity index (χ1n) is 6.56. The Kier molecular flexibility index (Phi) is 7.42. The normalized spacial score (nSPS) is 10.5. The first kappa shape index (κ1) is 16.2. The summed E-state index contributed by atoms with van der Waals surface area (Å²) in [4.78, 5) is 0. The minimum Gasteiger partial charge on any atom is -0.493 e. The summed E-state index contributed by atoms with van der Waals surface area (Å²) in [6.45, 7) is 2.86. The van der Waals surface area contributed by atoms with Crippen LogP contribution in [-0.2, 0) is 0 Å². The van der Waals surface area contributed by atoms with Crippen LogP contribution in [0.3, 0.4) is 0 Å². The van der Waals surface area contributed by atoms with Crippen LogP contribution in [0.5, 0.6) is 11.5 Å². The van der Waals surface area contributed by atoms with Crippen molar-refractivity contribution in [3.8, 4) is 11.5 Å². The third-order valence-corrected chi connectivity index (χ3v) is 2.67. The van der Waals surface area contributed by atoms with E-state index in [0.717, 1.165) is 24.2 Å². The van der Waals surface area contributed by atoms with E-state index in [9.17, 15) is 0 Å². The molecule has 0 amide bonds. The van der Waals surface area contributed by atoms with Crippen LogP contribution in [0, 0.1) is 0 Å². The van der Waals surface area contributed by atoms with Crippen LogP contribution in [0.1, 0.15) is 31.7 Å². The highest BCUT2D eigenvalue weighted by atomic mass is 32.1. The second-order valence-corrected chi connectivity index (χ2v) is 4.64. The summed E-state index contributed by atoms with van der Waals surface area (Å²) in [6.07, 6.45) is 4.99. The zero-order chi connectivity index (χ0) is 14.8. The Labute approximate surface area is 125 Å². The quantitative estimate of drug-likeness (QED) is 0.334. The molecule has 0 bridgehead atoms. The zero-order valence-corrected chi connectivity index (χ0v) is 12.7. The molecule has 0 spiro atoms. The van der Waals surface area contributed by atoms with Gasteiger partial charge in [0.2, 0.25) is 0 Å². The Morgan fingerprint density at radius 3 is 2.85 bits per heavy atom. The number of hydrogen-bond donors (Lipinski definition) is 2. The maximum atomic E-state index is 5.70. The molecule has 1 aromatic carbocycles. The van der Waals surface area contributed by atoms with Crippen molar-refractivity contribution in [2.24, 2.45) is 10.8 Å². The third kappa shape index (κ3) is 5.88. The van der Waals surface area contributed by atoms with E-state index in [4.69, 9.17) is 15.2 Å². The Hall–Kier alpha value is -1.82. The van der Waals surface area contributed by atoms with Gasteiger partial charge in [0.15, 0.2) is 16.6 Å². The van der Waals surface area contributed by atoms with E-state index in [0.29, 0.717) is 12.4 Å². The molecule has 0 aromatic heterocycles. The topological polar surface area (TPSA) is 68.9 Å². The van der Waals surface area contributed by atoms with Crippen LogP contribution in [-0.4, -0.2) is 25.0 Å². The molecule has 3 N–H and O–H groups in total. The van der Waals surface area contributed by atoms with Gasteiger partial charge in [-0.25, -0.2) is 0 Å². The highest BCUT2D eigenvalue weighted by Crippen LogP contribution is 2.27. The molecule has 0 saturated carbocycles. The number of hydrazone groups is 1. The molecule has 0 heterocycles. The highest BCUT2D eigenvalue weighted by Gasteiger charge is 2.04. The molecule has 0 aliphatic heterocycles. The number of nitrogens with one attached hydrogen (secondary N) is 1. The van der Waals surface area contributed by atoms with Gasteiger partial charge in [-0.3, -0.25) is 5.43 Å². The fourth-order valence-corrected chi connectivity index (χ4v) is 1.64. The van der Waals surface area contributed by atoms with Gasteiger partial charge in [0.1, 0.15) is 0 Å². The smallest absolute Gasteiger partial charge is 0.184 e. The molecule has 110 valence electrons. The lowest BCUT2D eigenvalue weighted by atomic mass is 10.2. The summed E-state index contributed by atoms with van der Waals surface area (Å²) in [6, 6.07) is 5.61. The molecular weight excluding hydrogens is 274 g/mol. The molecular formula is C14H21N3O2S. The van der Waals surface area contributed by atoms with Gasteiger partial charge in [-0.2, -0.15) is 5.10 Å². The first-order valence-corrected chi connectivity index (χ1v) is 6.97. The van der Waals surface area contributed by atoms with E-state index in [1.165, 1.54) is 6.42 Å². The maximum absolute atomic E-state index is 5.70. The van der Waals surface area contributed by atoms with Crippen molar-refractivity contribution in [2.45, 2.75) is 26.2 Å². The highest BCUT2D eigenvalue weighted by molar-refractivity contribution is 7.80. The molecule has 0 atom stereocenters. The van der Waals surface area contributed by atoms with E-state index in [-0.39, 0.29) is 5.11 Å². The fourth-order valence-electron chi connectivity index (χ4n) is 1.59. The molecule has 5 nitrogen and oxygen atoms in total. The van der Waals surface area contributed by atoms with E-state index >= 15 is 0 Å². The molecule has 1 aromatic rings. The summed E-state index contributed by atoms with van der Waals surface area (Å²) >= 11 is 4.66. The van der Waals surface area contributed by atoms with Gasteiger partial charge in [0, 0.05) is 0 Å². The van der Waals surface area contributed by atoms with Crippen LogP contribution in [0.4, 0.5) is 0 Å².